The van der Waals surface area contributed by atoms with Crippen LogP contribution in [0.15, 0.2) is 42.5 Å². The molecule has 1 atom stereocenters. The number of alkyl halides is 1. The van der Waals surface area contributed by atoms with E-state index in [0.29, 0.717) is 55.3 Å². The van der Waals surface area contributed by atoms with Crippen LogP contribution in [0.2, 0.25) is 0 Å². The number of nitrogens with one attached hydrogen (secondary N) is 1. The first-order valence-corrected chi connectivity index (χ1v) is 20.3. The standard InChI is InChI=1S/C31H36IN3O7S/c1-31(2,3)42-30(38)35-14-13-26-27(18-35)43-29(33-26)34-28(37)20-15-24(40-22-7-5-6-8-22)17-25(16-20)41-23-11-9-21(10-12-23)32(4,39)19-36/h9-12,15-17,19,22H,5-8,13-14,18H2,1-4H3,(H,33,34,37). The van der Waals surface area contributed by atoms with Gasteiger partial charge in [-0.2, -0.15) is 0 Å². The van der Waals surface area contributed by atoms with Crippen molar-refractivity contribution in [3.8, 4) is 17.2 Å². The van der Waals surface area contributed by atoms with E-state index in [0.717, 1.165) is 36.3 Å². The molecule has 0 radical (unpaired) electrons. The van der Waals surface area contributed by atoms with Crippen LogP contribution in [-0.2, 0) is 25.6 Å². The first-order valence-electron chi connectivity index (χ1n) is 14.1. The van der Waals surface area contributed by atoms with E-state index in [1.165, 1.54) is 16.3 Å². The monoisotopic (exact) mass is 721 g/mol. The predicted molar refractivity (Wildman–Crippen MR) is 172 cm³/mol. The van der Waals surface area contributed by atoms with E-state index in [4.69, 9.17) is 14.2 Å². The van der Waals surface area contributed by atoms with Gasteiger partial charge in [0.2, 0.25) is 0 Å². The minimum Gasteiger partial charge on any atom is 0.0494 e. The second-order valence-electron chi connectivity index (χ2n) is 11.7. The van der Waals surface area contributed by atoms with Crippen LogP contribution in [-0.4, -0.2) is 49.4 Å². The summed E-state index contributed by atoms with van der Waals surface area (Å²) in [6.07, 6.45) is 4.39. The van der Waals surface area contributed by atoms with Crippen LogP contribution in [0.3, 0.4) is 0 Å². The molecule has 2 aliphatic rings. The number of anilines is 1. The molecule has 1 aliphatic carbocycles. The summed E-state index contributed by atoms with van der Waals surface area (Å²) < 4.78 is 31.3. The van der Waals surface area contributed by atoms with Crippen LogP contribution in [0.4, 0.5) is 9.93 Å². The molecule has 2 aromatic carbocycles. The molecule has 3 aromatic rings. The first kappa shape index (κ1) is 31.0. The molecule has 230 valence electrons. The fraction of sp³-hybridized carbons (Fsp3) is 0.419. The predicted octanol–water partition coefficient (Wildman–Crippen LogP) is 7.18. The number of hydrogen-bond acceptors (Lipinski definition) is 9. The zero-order chi connectivity index (χ0) is 30.8. The van der Waals surface area contributed by atoms with Gasteiger partial charge in [-0.15, -0.1) is 0 Å². The molecule has 1 N–H and O–H groups in total. The van der Waals surface area contributed by atoms with Crippen molar-refractivity contribution in [3.05, 3.63) is 62.2 Å². The van der Waals surface area contributed by atoms with Crippen LogP contribution >= 0.6 is 29.8 Å². The number of amides is 2. The Morgan fingerprint density at radius 1 is 1.07 bits per heavy atom. The second kappa shape index (κ2) is 12.7. The first-order chi connectivity index (χ1) is 20.4. The second-order valence-corrected chi connectivity index (χ2v) is 19.3. The van der Waals surface area contributed by atoms with Crippen LogP contribution in [0.5, 0.6) is 17.2 Å². The van der Waals surface area contributed by atoms with E-state index >= 15 is 0 Å². The molecule has 0 spiro atoms. The molecule has 1 aliphatic heterocycles. The SMILES string of the molecule is CC(C)(C)OC(=O)N1CCc2nc(NC(=O)c3cc(Oc4ccc(I(C)(=O)C=O)cc4)cc(OC4CCCC4)c3)sc2C1. The van der Waals surface area contributed by atoms with Crippen molar-refractivity contribution >= 4 is 51.2 Å². The van der Waals surface area contributed by atoms with Crippen LogP contribution in [0, 0.1) is 3.57 Å². The molecular weight excluding hydrogens is 685 g/mol. The summed E-state index contributed by atoms with van der Waals surface area (Å²) in [5, 5.41) is 3.35. The van der Waals surface area contributed by atoms with Gasteiger partial charge in [0.25, 0.3) is 0 Å². The van der Waals surface area contributed by atoms with Gasteiger partial charge in [-0.1, -0.05) is 0 Å². The molecule has 12 heteroatoms. The van der Waals surface area contributed by atoms with E-state index in [2.05, 4.69) is 10.3 Å². The zero-order valence-corrected chi connectivity index (χ0v) is 27.7. The summed E-state index contributed by atoms with van der Waals surface area (Å²) in [7, 11) is 0. The number of halogens is 1. The molecule has 2 heterocycles. The number of carbonyl (C=O) groups is 3. The van der Waals surface area contributed by atoms with Crippen LogP contribution < -0.4 is 14.8 Å². The van der Waals surface area contributed by atoms with Crippen molar-refractivity contribution in [2.75, 3.05) is 16.8 Å². The number of aromatic nitrogens is 1. The number of benzene rings is 2. The third-order valence-electron chi connectivity index (χ3n) is 7.00. The van der Waals surface area contributed by atoms with Gasteiger partial charge in [0.1, 0.15) is 5.60 Å². The van der Waals surface area contributed by atoms with Crippen molar-refractivity contribution in [3.63, 3.8) is 0 Å². The molecule has 2 amide bonds. The summed E-state index contributed by atoms with van der Waals surface area (Å²) in [5.41, 5.74) is 0.620. The molecule has 0 bridgehead atoms. The van der Waals surface area contributed by atoms with Gasteiger partial charge in [-0.05, 0) is 20.8 Å². The maximum atomic E-state index is 13.4. The Hall–Kier alpha value is -3.39. The Morgan fingerprint density at radius 3 is 2.44 bits per heavy atom. The van der Waals surface area contributed by atoms with Gasteiger partial charge in [-0.25, -0.2) is 4.79 Å². The third kappa shape index (κ3) is 7.96. The summed E-state index contributed by atoms with van der Waals surface area (Å²) in [5.74, 6) is 1.03. The van der Waals surface area contributed by atoms with E-state index in [1.807, 2.05) is 20.8 Å². The Morgan fingerprint density at radius 2 is 1.77 bits per heavy atom. The summed E-state index contributed by atoms with van der Waals surface area (Å²) in [6, 6.07) is 11.6. The summed E-state index contributed by atoms with van der Waals surface area (Å²) in [4.78, 5) is 45.9. The van der Waals surface area contributed by atoms with E-state index in [9.17, 15) is 17.5 Å². The number of thiazole rings is 1. The topological polar surface area (TPSA) is 124 Å². The average Bonchev–Trinajstić information content (AvgIpc) is 3.61. The maximum absolute atomic E-state index is 13.4. The number of fused-ring (bicyclic) bond motifs is 1. The Kier molecular flexibility index (Phi) is 9.16. The molecule has 1 aromatic heterocycles. The zero-order valence-electron chi connectivity index (χ0n) is 24.7. The van der Waals surface area contributed by atoms with Crippen molar-refractivity contribution < 1.29 is 31.7 Å². The molecule has 1 fully saturated rings. The number of carbonyl (C=O) groups excluding carboxylic acids is 3. The van der Waals surface area contributed by atoms with Gasteiger partial charge < -0.3 is 9.64 Å². The van der Waals surface area contributed by atoms with E-state index in [1.54, 1.807) is 47.4 Å². The molecule has 43 heavy (non-hydrogen) atoms. The smallest absolute Gasteiger partial charge is 0.0494 e. The number of rotatable bonds is 8. The van der Waals surface area contributed by atoms with Crippen molar-refractivity contribution in [2.45, 2.75) is 71.1 Å². The number of hydrogen-bond donors (Lipinski definition) is 1. The van der Waals surface area contributed by atoms with Crippen LogP contribution in [0.1, 0.15) is 67.4 Å². The van der Waals surface area contributed by atoms with E-state index in [-0.39, 0.29) is 18.1 Å². The average molecular weight is 722 g/mol. The van der Waals surface area contributed by atoms with Crippen molar-refractivity contribution in [1.29, 1.82) is 0 Å². The molecule has 5 rings (SSSR count). The van der Waals surface area contributed by atoms with E-state index < -0.39 is 24.0 Å². The molecule has 0 saturated heterocycles. The fourth-order valence-electron chi connectivity index (χ4n) is 4.87. The minimum atomic E-state index is -3.82. The summed E-state index contributed by atoms with van der Waals surface area (Å²) >= 11 is -2.49. The van der Waals surface area contributed by atoms with Gasteiger partial charge in [-0.3, -0.25) is 0 Å². The molecule has 1 saturated carbocycles. The van der Waals surface area contributed by atoms with Gasteiger partial charge in [0.05, 0.1) is 12.2 Å². The quantitative estimate of drug-likeness (QED) is 0.112. The number of nitrogens with zero attached hydrogens (tertiary/aromatic N) is 2. The van der Waals surface area contributed by atoms with Gasteiger partial charge in [0.15, 0.2) is 0 Å². The minimum absolute atomic E-state index is 0.0774. The number of ether oxygens (including phenoxy) is 3. The van der Waals surface area contributed by atoms with Gasteiger partial charge in [0, 0.05) is 17.8 Å². The normalized spacial score (nSPS) is 17.3. The van der Waals surface area contributed by atoms with Gasteiger partial charge >= 0.3 is 189 Å². The summed E-state index contributed by atoms with van der Waals surface area (Å²) in [6.45, 7) is 6.37. The van der Waals surface area contributed by atoms with Crippen molar-refractivity contribution in [1.82, 2.24) is 9.88 Å². The Balaban J connectivity index is 1.33. The molecule has 1 unspecified atom stereocenters. The van der Waals surface area contributed by atoms with Crippen molar-refractivity contribution in [2.24, 2.45) is 0 Å². The third-order valence-corrected chi connectivity index (χ3v) is 12.2. The Labute approximate surface area is 259 Å². The molecule has 10 nitrogen and oxygen atoms in total. The Bertz CT molecular complexity index is 1560. The van der Waals surface area contributed by atoms with Crippen LogP contribution in [0.25, 0.3) is 0 Å². The fourth-order valence-corrected chi connectivity index (χ4v) is 7.97. The molecular formula is C31H36IN3O7S.